The van der Waals surface area contributed by atoms with E-state index in [0.717, 1.165) is 5.56 Å². The first-order valence-corrected chi connectivity index (χ1v) is 9.44. The van der Waals surface area contributed by atoms with Gasteiger partial charge in [0.2, 0.25) is 0 Å². The van der Waals surface area contributed by atoms with Crippen molar-refractivity contribution in [1.82, 2.24) is 0 Å². The predicted molar refractivity (Wildman–Crippen MR) is 97.3 cm³/mol. The van der Waals surface area contributed by atoms with Gasteiger partial charge in [0.15, 0.2) is 0 Å². The molecule has 1 aliphatic rings. The summed E-state index contributed by atoms with van der Waals surface area (Å²) in [5.74, 6) is 0.411. The van der Waals surface area contributed by atoms with Crippen LogP contribution >= 0.6 is 11.6 Å². The van der Waals surface area contributed by atoms with Crippen LogP contribution in [0.5, 0.6) is 5.75 Å². The average molecular weight is 379 g/mol. The van der Waals surface area contributed by atoms with E-state index >= 15 is 0 Å². The standard InChI is InChI=1S/C19H19ClO4S/c1-14-8-10-16(11-9-14)25(22)19(20)12-18(19,2)13-23-17(21)24-15-6-4-3-5-7-15/h3-11H,12-13H2,1-2H3/t18-,19-,25?/m0/s1. The number of benzene rings is 2. The molecule has 0 bridgehead atoms. The molecule has 6 heteroatoms. The number of rotatable bonds is 5. The van der Waals surface area contributed by atoms with Gasteiger partial charge in [-0.05, 0) is 37.6 Å². The van der Waals surface area contributed by atoms with Crippen molar-refractivity contribution in [3.05, 3.63) is 60.2 Å². The third-order valence-corrected chi connectivity index (χ3v) is 7.31. The fourth-order valence-corrected chi connectivity index (χ4v) is 4.92. The highest BCUT2D eigenvalue weighted by molar-refractivity contribution is 7.88. The summed E-state index contributed by atoms with van der Waals surface area (Å²) in [4.78, 5) is 12.5. The SMILES string of the molecule is Cc1ccc(S(=O)[C@@]2(Cl)C[C@@]2(C)COC(=O)Oc2ccccc2)cc1. The molecule has 0 radical (unpaired) electrons. The Hall–Kier alpha value is -1.85. The van der Waals surface area contributed by atoms with Crippen LogP contribution in [0.3, 0.4) is 0 Å². The molecule has 1 fully saturated rings. The fourth-order valence-electron chi connectivity index (χ4n) is 2.59. The lowest BCUT2D eigenvalue weighted by Gasteiger charge is -2.17. The van der Waals surface area contributed by atoms with Gasteiger partial charge in [-0.15, -0.1) is 11.6 Å². The minimum Gasteiger partial charge on any atom is -0.433 e. The molecule has 4 nitrogen and oxygen atoms in total. The minimum absolute atomic E-state index is 0.0553. The number of aryl methyl sites for hydroxylation is 1. The van der Waals surface area contributed by atoms with Crippen molar-refractivity contribution in [2.45, 2.75) is 29.4 Å². The quantitative estimate of drug-likeness (QED) is 0.431. The molecular formula is C19H19ClO4S. The second-order valence-corrected chi connectivity index (χ2v) is 9.08. The van der Waals surface area contributed by atoms with Crippen LogP contribution in [0.15, 0.2) is 59.5 Å². The molecule has 132 valence electrons. The first kappa shape index (κ1) is 18.0. The van der Waals surface area contributed by atoms with Gasteiger partial charge in [0, 0.05) is 10.3 Å². The van der Waals surface area contributed by atoms with E-state index < -0.39 is 26.6 Å². The maximum absolute atomic E-state index is 12.8. The molecule has 0 aliphatic heterocycles. The number of para-hydroxylation sites is 1. The van der Waals surface area contributed by atoms with Gasteiger partial charge in [0.1, 0.15) is 16.6 Å². The normalized spacial score (nSPS) is 25.9. The molecule has 1 unspecified atom stereocenters. The van der Waals surface area contributed by atoms with E-state index in [1.165, 1.54) is 0 Å². The molecule has 25 heavy (non-hydrogen) atoms. The van der Waals surface area contributed by atoms with Crippen LogP contribution in [0.25, 0.3) is 0 Å². The first-order valence-electron chi connectivity index (χ1n) is 7.91. The fraction of sp³-hybridized carbons (Fsp3) is 0.316. The number of hydrogen-bond donors (Lipinski definition) is 0. The molecule has 1 saturated carbocycles. The van der Waals surface area contributed by atoms with Gasteiger partial charge < -0.3 is 9.47 Å². The summed E-state index contributed by atoms with van der Waals surface area (Å²) in [6, 6.07) is 16.1. The number of alkyl halides is 1. The van der Waals surface area contributed by atoms with Gasteiger partial charge in [-0.2, -0.15) is 0 Å². The third kappa shape index (κ3) is 3.72. The van der Waals surface area contributed by atoms with Crippen molar-refractivity contribution in [3.63, 3.8) is 0 Å². The Morgan fingerprint density at radius 1 is 1.16 bits per heavy atom. The summed E-state index contributed by atoms with van der Waals surface area (Å²) in [5.41, 5.74) is 0.537. The average Bonchev–Trinajstić information content (AvgIpc) is 3.17. The lowest BCUT2D eigenvalue weighted by atomic mass is 10.2. The van der Waals surface area contributed by atoms with Crippen LogP contribution in [0.2, 0.25) is 0 Å². The van der Waals surface area contributed by atoms with Crippen molar-refractivity contribution in [2.24, 2.45) is 5.41 Å². The predicted octanol–water partition coefficient (Wildman–Crippen LogP) is 4.66. The minimum atomic E-state index is -1.39. The molecule has 2 aromatic rings. The van der Waals surface area contributed by atoms with E-state index in [4.69, 9.17) is 21.1 Å². The van der Waals surface area contributed by atoms with E-state index in [9.17, 15) is 9.00 Å². The molecule has 0 aromatic heterocycles. The van der Waals surface area contributed by atoms with Gasteiger partial charge in [-0.3, -0.25) is 4.21 Å². The lowest BCUT2D eigenvalue weighted by molar-refractivity contribution is 0.0817. The number of halogens is 1. The van der Waals surface area contributed by atoms with Crippen molar-refractivity contribution in [2.75, 3.05) is 6.61 Å². The van der Waals surface area contributed by atoms with Crippen molar-refractivity contribution in [3.8, 4) is 5.75 Å². The zero-order valence-electron chi connectivity index (χ0n) is 14.0. The van der Waals surface area contributed by atoms with Gasteiger partial charge in [-0.25, -0.2) is 4.79 Å². The Morgan fingerprint density at radius 3 is 2.44 bits per heavy atom. The highest BCUT2D eigenvalue weighted by Crippen LogP contribution is 2.64. The summed E-state index contributed by atoms with van der Waals surface area (Å²) >= 11 is 6.59. The van der Waals surface area contributed by atoms with E-state index in [-0.39, 0.29) is 6.61 Å². The summed E-state index contributed by atoms with van der Waals surface area (Å²) < 4.78 is 22.1. The second-order valence-electron chi connectivity index (χ2n) is 6.50. The van der Waals surface area contributed by atoms with E-state index in [2.05, 4.69) is 0 Å². The summed E-state index contributed by atoms with van der Waals surface area (Å²) in [6.07, 6.45) is -0.292. The number of ether oxygens (including phenoxy) is 2. The molecule has 0 N–H and O–H groups in total. The maximum atomic E-state index is 12.8. The monoisotopic (exact) mass is 378 g/mol. The summed E-state index contributed by atoms with van der Waals surface area (Å²) in [6.45, 7) is 3.89. The largest absolute Gasteiger partial charge is 0.513 e. The van der Waals surface area contributed by atoms with Gasteiger partial charge in [-0.1, -0.05) is 42.8 Å². The topological polar surface area (TPSA) is 52.6 Å². The second kappa shape index (κ2) is 6.81. The van der Waals surface area contributed by atoms with Crippen LogP contribution in [-0.2, 0) is 15.5 Å². The molecule has 3 rings (SSSR count). The molecule has 3 atom stereocenters. The Kier molecular flexibility index (Phi) is 4.89. The van der Waals surface area contributed by atoms with Crippen molar-refractivity contribution >= 4 is 28.6 Å². The van der Waals surface area contributed by atoms with Crippen molar-refractivity contribution < 1.29 is 18.5 Å². The number of carbonyl (C=O) groups excluding carboxylic acids is 1. The highest BCUT2D eigenvalue weighted by Gasteiger charge is 2.68. The van der Waals surface area contributed by atoms with Gasteiger partial charge in [0.05, 0.1) is 10.8 Å². The van der Waals surface area contributed by atoms with Crippen LogP contribution in [0.1, 0.15) is 18.9 Å². The van der Waals surface area contributed by atoms with Crippen LogP contribution < -0.4 is 4.74 Å². The summed E-state index contributed by atoms with van der Waals surface area (Å²) in [7, 11) is -1.39. The highest BCUT2D eigenvalue weighted by atomic mass is 35.5. The Bertz CT molecular complexity index is 793. The lowest BCUT2D eigenvalue weighted by Crippen LogP contribution is -2.24. The van der Waals surface area contributed by atoms with Crippen LogP contribution in [0, 0.1) is 12.3 Å². The number of carbonyl (C=O) groups is 1. The maximum Gasteiger partial charge on any atom is 0.513 e. The summed E-state index contributed by atoms with van der Waals surface area (Å²) in [5, 5.41) is 0. The molecule has 0 spiro atoms. The molecule has 1 aliphatic carbocycles. The van der Waals surface area contributed by atoms with Crippen molar-refractivity contribution in [1.29, 1.82) is 0 Å². The Labute approximate surface area is 154 Å². The van der Waals surface area contributed by atoms with Gasteiger partial charge in [0.25, 0.3) is 0 Å². The third-order valence-electron chi connectivity index (χ3n) is 4.38. The first-order chi connectivity index (χ1) is 11.8. The molecule has 0 saturated heterocycles. The number of hydrogen-bond acceptors (Lipinski definition) is 4. The van der Waals surface area contributed by atoms with E-state index in [1.54, 1.807) is 24.3 Å². The van der Waals surface area contributed by atoms with Gasteiger partial charge >= 0.3 is 6.16 Å². The molecular weight excluding hydrogens is 360 g/mol. The van der Waals surface area contributed by atoms with Crippen LogP contribution in [0.4, 0.5) is 4.79 Å². The zero-order valence-corrected chi connectivity index (χ0v) is 15.6. The Morgan fingerprint density at radius 2 is 1.80 bits per heavy atom. The zero-order chi connectivity index (χ0) is 18.1. The smallest absolute Gasteiger partial charge is 0.433 e. The Balaban J connectivity index is 1.59. The molecule has 0 heterocycles. The molecule has 0 amide bonds. The van der Waals surface area contributed by atoms with E-state index in [1.807, 2.05) is 44.2 Å². The molecule has 2 aromatic carbocycles. The van der Waals surface area contributed by atoms with E-state index in [0.29, 0.717) is 17.1 Å². The van der Waals surface area contributed by atoms with Crippen LogP contribution in [-0.4, -0.2) is 21.2 Å².